The van der Waals surface area contributed by atoms with Gasteiger partial charge < -0.3 is 9.73 Å². The van der Waals surface area contributed by atoms with E-state index in [0.717, 1.165) is 18.6 Å². The van der Waals surface area contributed by atoms with Gasteiger partial charge in [-0.1, -0.05) is 31.5 Å². The molecule has 0 fully saturated rings. The van der Waals surface area contributed by atoms with E-state index in [2.05, 4.69) is 42.6 Å². The second-order valence-electron chi connectivity index (χ2n) is 5.30. The summed E-state index contributed by atoms with van der Waals surface area (Å²) in [6.07, 6.45) is 7.61. The van der Waals surface area contributed by atoms with Crippen molar-refractivity contribution in [3.63, 3.8) is 0 Å². The van der Waals surface area contributed by atoms with Gasteiger partial charge in [0.15, 0.2) is 0 Å². The Kier molecular flexibility index (Phi) is 3.58. The fourth-order valence-electron chi connectivity index (χ4n) is 2.97. The monoisotopic (exact) mass is 255 g/mol. The first-order valence-electron chi connectivity index (χ1n) is 7.29. The molecule has 0 bridgehead atoms. The normalized spacial score (nSPS) is 18.1. The van der Waals surface area contributed by atoms with Crippen LogP contribution in [0.25, 0.3) is 0 Å². The Labute approximate surface area is 114 Å². The topological polar surface area (TPSA) is 25.2 Å². The Morgan fingerprint density at radius 1 is 1.26 bits per heavy atom. The van der Waals surface area contributed by atoms with Gasteiger partial charge in [-0.2, -0.15) is 0 Å². The van der Waals surface area contributed by atoms with Crippen LogP contribution in [0.2, 0.25) is 0 Å². The Hall–Kier alpha value is -1.70. The van der Waals surface area contributed by atoms with Crippen LogP contribution in [-0.2, 0) is 12.8 Å². The number of aryl methyl sites for hydroxylation is 2. The van der Waals surface area contributed by atoms with Gasteiger partial charge in [-0.05, 0) is 37.0 Å². The van der Waals surface area contributed by atoms with Crippen molar-refractivity contribution < 1.29 is 4.42 Å². The predicted octanol–water partition coefficient (Wildman–Crippen LogP) is 4.72. The molecule has 3 rings (SSSR count). The van der Waals surface area contributed by atoms with Gasteiger partial charge in [-0.25, -0.2) is 0 Å². The van der Waals surface area contributed by atoms with E-state index in [1.54, 1.807) is 0 Å². The lowest BCUT2D eigenvalue weighted by Crippen LogP contribution is -2.16. The summed E-state index contributed by atoms with van der Waals surface area (Å²) in [4.78, 5) is 0. The first-order chi connectivity index (χ1) is 9.38. The Morgan fingerprint density at radius 2 is 2.16 bits per heavy atom. The molecule has 2 heteroatoms. The molecule has 1 unspecified atom stereocenters. The van der Waals surface area contributed by atoms with Crippen LogP contribution < -0.4 is 5.32 Å². The molecule has 19 heavy (non-hydrogen) atoms. The highest BCUT2D eigenvalue weighted by Gasteiger charge is 2.22. The Balaban J connectivity index is 1.83. The van der Waals surface area contributed by atoms with Gasteiger partial charge in [0.2, 0.25) is 0 Å². The lowest BCUT2D eigenvalue weighted by atomic mass is 9.93. The van der Waals surface area contributed by atoms with E-state index in [1.807, 2.05) is 6.26 Å². The maximum absolute atomic E-state index is 5.56. The van der Waals surface area contributed by atoms with E-state index in [9.17, 15) is 0 Å². The van der Waals surface area contributed by atoms with Gasteiger partial charge in [0.05, 0.1) is 12.3 Å². The molecule has 1 aliphatic rings. The molecule has 0 saturated carbocycles. The highest BCUT2D eigenvalue weighted by Crippen LogP contribution is 2.34. The molecule has 0 radical (unpaired) electrons. The Bertz CT molecular complexity index is 544. The summed E-state index contributed by atoms with van der Waals surface area (Å²) in [7, 11) is 0. The fourth-order valence-corrected chi connectivity index (χ4v) is 2.97. The van der Waals surface area contributed by atoms with Crippen LogP contribution in [0.5, 0.6) is 0 Å². The summed E-state index contributed by atoms with van der Waals surface area (Å²) in [5.74, 6) is 1.16. The number of rotatable bonds is 4. The molecule has 2 nitrogen and oxygen atoms in total. The SMILES string of the molecule is CCCc1ccccc1NC1CCCc2occc21. The van der Waals surface area contributed by atoms with Crippen LogP contribution >= 0.6 is 0 Å². The summed E-state index contributed by atoms with van der Waals surface area (Å²) >= 11 is 0. The molecule has 2 aromatic rings. The van der Waals surface area contributed by atoms with E-state index in [1.165, 1.54) is 36.1 Å². The lowest BCUT2D eigenvalue weighted by molar-refractivity contribution is 0.461. The van der Waals surface area contributed by atoms with Crippen molar-refractivity contribution in [1.29, 1.82) is 0 Å². The summed E-state index contributed by atoms with van der Waals surface area (Å²) in [5.41, 5.74) is 4.04. The molecule has 1 aromatic carbocycles. The third-order valence-corrected chi connectivity index (χ3v) is 3.92. The summed E-state index contributed by atoms with van der Waals surface area (Å²) in [6.45, 7) is 2.23. The number of hydrogen-bond donors (Lipinski definition) is 1. The first-order valence-corrected chi connectivity index (χ1v) is 7.29. The highest BCUT2D eigenvalue weighted by atomic mass is 16.3. The smallest absolute Gasteiger partial charge is 0.109 e. The van der Waals surface area contributed by atoms with Crippen LogP contribution in [0.1, 0.15) is 49.1 Å². The third kappa shape index (κ3) is 2.53. The molecule has 1 N–H and O–H groups in total. The number of para-hydroxylation sites is 1. The van der Waals surface area contributed by atoms with Crippen molar-refractivity contribution >= 4 is 5.69 Å². The number of anilines is 1. The van der Waals surface area contributed by atoms with Gasteiger partial charge >= 0.3 is 0 Å². The van der Waals surface area contributed by atoms with E-state index < -0.39 is 0 Å². The van der Waals surface area contributed by atoms with Gasteiger partial charge in [0.1, 0.15) is 5.76 Å². The summed E-state index contributed by atoms with van der Waals surface area (Å²) in [5, 5.41) is 3.72. The zero-order chi connectivity index (χ0) is 13.1. The van der Waals surface area contributed by atoms with E-state index in [-0.39, 0.29) is 0 Å². The first kappa shape index (κ1) is 12.3. The van der Waals surface area contributed by atoms with Gasteiger partial charge in [-0.15, -0.1) is 0 Å². The molecule has 0 spiro atoms. The van der Waals surface area contributed by atoms with Crippen molar-refractivity contribution in [2.75, 3.05) is 5.32 Å². The van der Waals surface area contributed by atoms with Crippen molar-refractivity contribution in [3.05, 3.63) is 53.5 Å². The van der Waals surface area contributed by atoms with Crippen LogP contribution in [0.3, 0.4) is 0 Å². The van der Waals surface area contributed by atoms with E-state index in [0.29, 0.717) is 6.04 Å². The second kappa shape index (κ2) is 5.52. The fraction of sp³-hybridized carbons (Fsp3) is 0.412. The minimum absolute atomic E-state index is 0.403. The standard InChI is InChI=1S/C17H21NO/c1-2-6-13-7-3-4-8-15(13)18-16-9-5-10-17-14(16)11-12-19-17/h3-4,7-8,11-12,16,18H,2,5-6,9-10H2,1H3. The van der Waals surface area contributed by atoms with Crippen molar-refractivity contribution in [3.8, 4) is 0 Å². The molecule has 1 aliphatic carbocycles. The molecule has 0 amide bonds. The molecular weight excluding hydrogens is 234 g/mol. The number of hydrogen-bond acceptors (Lipinski definition) is 2. The van der Waals surface area contributed by atoms with Crippen LogP contribution in [0, 0.1) is 0 Å². The number of fused-ring (bicyclic) bond motifs is 1. The van der Waals surface area contributed by atoms with Crippen molar-refractivity contribution in [2.45, 2.75) is 45.1 Å². The average Bonchev–Trinajstić information content (AvgIpc) is 2.91. The van der Waals surface area contributed by atoms with Crippen LogP contribution in [-0.4, -0.2) is 0 Å². The summed E-state index contributed by atoms with van der Waals surface area (Å²) in [6, 6.07) is 11.2. The van der Waals surface area contributed by atoms with Crippen LogP contribution in [0.4, 0.5) is 5.69 Å². The van der Waals surface area contributed by atoms with E-state index >= 15 is 0 Å². The number of nitrogens with one attached hydrogen (secondary N) is 1. The summed E-state index contributed by atoms with van der Waals surface area (Å²) < 4.78 is 5.56. The minimum Gasteiger partial charge on any atom is -0.469 e. The molecular formula is C17H21NO. The highest BCUT2D eigenvalue weighted by molar-refractivity contribution is 5.53. The van der Waals surface area contributed by atoms with Crippen molar-refractivity contribution in [2.24, 2.45) is 0 Å². The quantitative estimate of drug-likeness (QED) is 0.855. The molecule has 1 heterocycles. The van der Waals surface area contributed by atoms with Gasteiger partial charge in [0, 0.05) is 17.7 Å². The molecule has 1 aromatic heterocycles. The molecule has 0 saturated heterocycles. The van der Waals surface area contributed by atoms with E-state index in [4.69, 9.17) is 4.42 Å². The zero-order valence-corrected chi connectivity index (χ0v) is 11.5. The number of benzene rings is 1. The molecule has 1 atom stereocenters. The van der Waals surface area contributed by atoms with Gasteiger partial charge in [-0.3, -0.25) is 0 Å². The van der Waals surface area contributed by atoms with Crippen molar-refractivity contribution in [1.82, 2.24) is 0 Å². The third-order valence-electron chi connectivity index (χ3n) is 3.92. The predicted molar refractivity (Wildman–Crippen MR) is 78.4 cm³/mol. The van der Waals surface area contributed by atoms with Crippen LogP contribution in [0.15, 0.2) is 41.0 Å². The second-order valence-corrected chi connectivity index (χ2v) is 5.30. The molecule has 0 aliphatic heterocycles. The minimum atomic E-state index is 0.403. The largest absolute Gasteiger partial charge is 0.469 e. The lowest BCUT2D eigenvalue weighted by Gasteiger charge is -2.25. The maximum atomic E-state index is 5.56. The maximum Gasteiger partial charge on any atom is 0.109 e. The van der Waals surface area contributed by atoms with Gasteiger partial charge in [0.25, 0.3) is 0 Å². The molecule has 100 valence electrons. The number of furan rings is 1. The Morgan fingerprint density at radius 3 is 3.05 bits per heavy atom. The average molecular weight is 255 g/mol. The zero-order valence-electron chi connectivity index (χ0n) is 11.5.